The van der Waals surface area contributed by atoms with Gasteiger partial charge >= 0.3 is 0 Å². The molecule has 9 rings (SSSR count). The Morgan fingerprint density at radius 3 is 2.44 bits per heavy atom. The number of oxime groups is 1. The van der Waals surface area contributed by atoms with Crippen molar-refractivity contribution in [2.24, 2.45) is 23.5 Å². The largest absolute Gasteiger partial charge is 0.391 e. The van der Waals surface area contributed by atoms with Crippen LogP contribution in [0.15, 0.2) is 70.5 Å². The number of carbonyl (C=O) groups excluding carboxylic acids is 3. The SMILES string of the molecule is Cc1ncsc1C1=CCC([C@]2(C)NC([C@@H]3C[C@@H](O)CN3C(=O)[C@H](NC(=O)CCCCCCCCCCNC(=O)c3cc4c(cc3CS(C)(=O)=O)-c3cn(C)c(=O)c5[nH]cc(c35)CN4c3ncc(F)cc3F)C(C)(C)C)=NO2)C=C1. The molecule has 4 aliphatic rings. The van der Waals surface area contributed by atoms with Crippen LogP contribution in [-0.2, 0) is 43.6 Å². The van der Waals surface area contributed by atoms with E-state index in [0.717, 1.165) is 67.1 Å². The number of hydrogen-bond acceptors (Lipinski definition) is 14. The van der Waals surface area contributed by atoms with E-state index < -0.39 is 62.5 Å². The number of hydrogen-bond donors (Lipinski definition) is 5. The number of aromatic nitrogens is 4. The molecule has 422 valence electrons. The van der Waals surface area contributed by atoms with Gasteiger partial charge in [-0.1, -0.05) is 82.7 Å². The number of aliphatic hydroxyl groups excluding tert-OH is 1. The Kier molecular flexibility index (Phi) is 16.7. The maximum atomic E-state index is 15.6. The third-order valence-electron chi connectivity index (χ3n) is 15.4. The quantitative estimate of drug-likeness (QED) is 0.0464. The van der Waals surface area contributed by atoms with Gasteiger partial charge in [0.25, 0.3) is 11.5 Å². The fourth-order valence-electron chi connectivity index (χ4n) is 11.2. The van der Waals surface area contributed by atoms with Crippen LogP contribution < -0.4 is 26.4 Å². The number of thiazole rings is 1. The van der Waals surface area contributed by atoms with Crippen molar-refractivity contribution in [3.63, 3.8) is 0 Å². The van der Waals surface area contributed by atoms with E-state index in [-0.39, 0.29) is 66.2 Å². The van der Waals surface area contributed by atoms with E-state index in [1.165, 1.54) is 15.5 Å². The Morgan fingerprint density at radius 1 is 1.04 bits per heavy atom. The molecule has 3 amide bonds. The van der Waals surface area contributed by atoms with Gasteiger partial charge in [-0.3, -0.25) is 19.2 Å². The molecule has 0 bridgehead atoms. The summed E-state index contributed by atoms with van der Waals surface area (Å²) in [6, 6.07) is 2.44. The summed E-state index contributed by atoms with van der Waals surface area (Å²) in [5.41, 5.74) is 4.71. The number of fused-ring (bicyclic) bond motifs is 2. The van der Waals surface area contributed by atoms with Crippen molar-refractivity contribution in [2.45, 2.75) is 141 Å². The van der Waals surface area contributed by atoms with Crippen LogP contribution in [0.2, 0.25) is 0 Å². The third kappa shape index (κ3) is 12.5. The monoisotopic (exact) mass is 1120 g/mol. The molecule has 18 nitrogen and oxygen atoms in total. The molecule has 1 aliphatic carbocycles. The summed E-state index contributed by atoms with van der Waals surface area (Å²) in [6.07, 6.45) is 18.8. The number of H-pyrrole nitrogens is 1. The molecule has 1 unspecified atom stereocenters. The normalized spacial score (nSPS) is 20.3. The first-order valence-corrected chi connectivity index (χ1v) is 30.0. The second kappa shape index (κ2) is 23.1. The second-order valence-corrected chi connectivity index (χ2v) is 25.7. The van der Waals surface area contributed by atoms with Gasteiger partial charge in [0.15, 0.2) is 27.3 Å². The standard InChI is InChI=1S/C57H70F2N10O8S2/c1-33-49(78-32-63-33)34-17-19-37(20-18-34)57(5)65-51(66-77-57)45-24-39(70)29-69(45)55(74)50(56(2,3)4)64-46(71)16-14-12-10-8-9-11-13-15-21-60-53(72)40-25-44-41(22-35(40)31-79(7,75)76)42-30-67(6)54(73)48-47(42)36(26-61-48)28-68(44)52-43(59)23-38(58)27-62-52/h17-19,22-23,25-27,30,32,37,39,45,50,61,70H,8-16,20-21,24,28-29,31H2,1-7H3,(H,60,72)(H,64,71)(H,65,66)/t37?,39-,45+,50+,57-/m1/s1. The molecule has 1 aromatic carbocycles. The van der Waals surface area contributed by atoms with Gasteiger partial charge in [-0.2, -0.15) is 0 Å². The Bertz CT molecular complexity index is 3440. The van der Waals surface area contributed by atoms with Gasteiger partial charge in [-0.25, -0.2) is 27.2 Å². The zero-order valence-electron chi connectivity index (χ0n) is 45.8. The number of allylic oxidation sites excluding steroid dienone is 3. The predicted octanol–water partition coefficient (Wildman–Crippen LogP) is 8.21. The number of amidine groups is 1. The highest BCUT2D eigenvalue weighted by molar-refractivity contribution is 7.89. The summed E-state index contributed by atoms with van der Waals surface area (Å²) < 4.78 is 56.7. The Hall–Kier alpha value is -6.78. The van der Waals surface area contributed by atoms with Crippen molar-refractivity contribution >= 4 is 72.7 Å². The van der Waals surface area contributed by atoms with E-state index in [2.05, 4.69) is 54.3 Å². The number of anilines is 2. The van der Waals surface area contributed by atoms with Crippen LogP contribution in [0.25, 0.3) is 27.6 Å². The highest BCUT2D eigenvalue weighted by Crippen LogP contribution is 2.45. The van der Waals surface area contributed by atoms with Crippen LogP contribution in [0.3, 0.4) is 0 Å². The average Bonchev–Trinajstić information content (AvgIpc) is 4.41. The molecule has 0 saturated carbocycles. The van der Waals surface area contributed by atoms with Crippen molar-refractivity contribution in [1.29, 1.82) is 0 Å². The number of benzene rings is 1. The molecule has 4 aromatic heterocycles. The van der Waals surface area contributed by atoms with Crippen LogP contribution in [0.1, 0.15) is 130 Å². The van der Waals surface area contributed by atoms with Crippen LogP contribution in [0.5, 0.6) is 0 Å². The molecule has 5 atom stereocenters. The summed E-state index contributed by atoms with van der Waals surface area (Å²) in [5, 5.41) is 25.3. The van der Waals surface area contributed by atoms with Crippen molar-refractivity contribution in [3.05, 3.63) is 110 Å². The topological polar surface area (TPSA) is 233 Å². The number of aromatic amines is 1. The van der Waals surface area contributed by atoms with E-state index in [0.29, 0.717) is 71.0 Å². The number of pyridine rings is 2. The van der Waals surface area contributed by atoms with Crippen LogP contribution in [-0.4, -0.2) is 105 Å². The Labute approximate surface area is 462 Å². The Morgan fingerprint density at radius 2 is 1.77 bits per heavy atom. The predicted molar refractivity (Wildman–Crippen MR) is 301 cm³/mol. The minimum Gasteiger partial charge on any atom is -0.391 e. The molecule has 5 N–H and O–H groups in total. The third-order valence-corrected chi connectivity index (χ3v) is 17.2. The molecular formula is C57H70F2N10O8S2. The lowest BCUT2D eigenvalue weighted by molar-refractivity contribution is -0.139. The molecule has 0 radical (unpaired) electrons. The first kappa shape index (κ1) is 56.9. The summed E-state index contributed by atoms with van der Waals surface area (Å²) in [4.78, 5) is 76.8. The number of aliphatic hydroxyl groups is 1. The second-order valence-electron chi connectivity index (χ2n) is 22.7. The lowest BCUT2D eigenvalue weighted by atomic mass is 9.85. The van der Waals surface area contributed by atoms with Gasteiger partial charge in [0.1, 0.15) is 17.4 Å². The summed E-state index contributed by atoms with van der Waals surface area (Å²) in [5.74, 6) is -3.08. The van der Waals surface area contributed by atoms with Crippen LogP contribution in [0, 0.1) is 29.9 Å². The fourth-order valence-corrected chi connectivity index (χ4v) is 12.8. The Balaban J connectivity index is 0.736. The minimum absolute atomic E-state index is 0.00151. The number of halogens is 2. The number of aryl methyl sites for hydroxylation is 2. The van der Waals surface area contributed by atoms with E-state index in [1.54, 1.807) is 41.7 Å². The lowest BCUT2D eigenvalue weighted by Crippen LogP contribution is -2.58. The van der Waals surface area contributed by atoms with E-state index in [1.807, 2.05) is 40.1 Å². The maximum Gasteiger partial charge on any atom is 0.274 e. The highest BCUT2D eigenvalue weighted by atomic mass is 32.2. The first-order valence-electron chi connectivity index (χ1n) is 27.0. The van der Waals surface area contributed by atoms with E-state index in [9.17, 15) is 37.1 Å². The zero-order valence-corrected chi connectivity index (χ0v) is 47.4. The van der Waals surface area contributed by atoms with Crippen molar-refractivity contribution < 1.29 is 41.5 Å². The molecule has 79 heavy (non-hydrogen) atoms. The molecule has 1 saturated heterocycles. The van der Waals surface area contributed by atoms with Gasteiger partial charge in [-0.05, 0) is 67.4 Å². The molecule has 5 aromatic rings. The highest BCUT2D eigenvalue weighted by Gasteiger charge is 2.49. The number of likely N-dealkylation sites (tertiary alicyclic amines) is 1. The number of amides is 3. The number of unbranched alkanes of at least 4 members (excludes halogenated alkanes) is 7. The summed E-state index contributed by atoms with van der Waals surface area (Å²) in [7, 11) is -2.08. The molecule has 3 aliphatic heterocycles. The number of sulfone groups is 1. The van der Waals surface area contributed by atoms with Gasteiger partial charge in [0.05, 0.1) is 52.4 Å². The van der Waals surface area contributed by atoms with E-state index >= 15 is 4.39 Å². The number of carbonyl (C=O) groups is 3. The zero-order chi connectivity index (χ0) is 56.6. The average molecular weight is 1130 g/mol. The van der Waals surface area contributed by atoms with Gasteiger partial charge < -0.3 is 45.2 Å². The van der Waals surface area contributed by atoms with Crippen LogP contribution >= 0.6 is 11.3 Å². The fraction of sp³-hybridized carbons (Fsp3) is 0.491. The smallest absolute Gasteiger partial charge is 0.274 e. The van der Waals surface area contributed by atoms with Gasteiger partial charge in [-0.15, -0.1) is 11.3 Å². The van der Waals surface area contributed by atoms with Gasteiger partial charge in [0.2, 0.25) is 17.5 Å². The van der Waals surface area contributed by atoms with Crippen molar-refractivity contribution in [3.8, 4) is 11.1 Å². The van der Waals surface area contributed by atoms with Crippen molar-refractivity contribution in [1.82, 2.24) is 40.4 Å². The molecule has 7 heterocycles. The molecule has 1 fully saturated rings. The number of nitrogens with one attached hydrogen (secondary N) is 4. The van der Waals surface area contributed by atoms with Gasteiger partial charge in [0, 0.05) is 85.7 Å². The lowest BCUT2D eigenvalue weighted by Gasteiger charge is -2.36. The number of β-amino-alcohol motifs (C(OH)–C–C–N with tert-alkyl or cyclic N) is 1. The summed E-state index contributed by atoms with van der Waals surface area (Å²) in [6.45, 7) is 10.1. The molecule has 0 spiro atoms. The first-order chi connectivity index (χ1) is 37.5. The number of rotatable bonds is 20. The molecular weight excluding hydrogens is 1050 g/mol. The molecule has 22 heteroatoms. The maximum absolute atomic E-state index is 15.6. The summed E-state index contributed by atoms with van der Waals surface area (Å²) >= 11 is 1.61. The van der Waals surface area contributed by atoms with Crippen molar-refractivity contribution in [2.75, 3.05) is 24.2 Å². The van der Waals surface area contributed by atoms with Crippen LogP contribution in [0.4, 0.5) is 20.3 Å². The van der Waals surface area contributed by atoms with E-state index in [4.69, 9.17) is 4.84 Å². The number of nitrogens with zero attached hydrogens (tertiary/aromatic N) is 6. The minimum atomic E-state index is -3.67.